The van der Waals surface area contributed by atoms with Gasteiger partial charge in [0.05, 0.1) is 12.8 Å². The molecule has 1 atom stereocenters. The topological polar surface area (TPSA) is 31.6 Å². The molecule has 0 amide bonds. The van der Waals surface area contributed by atoms with Gasteiger partial charge < -0.3 is 19.5 Å². The molecular formula is C22H30ClN3OS. The van der Waals surface area contributed by atoms with E-state index in [4.69, 9.17) is 28.2 Å². The van der Waals surface area contributed by atoms with Gasteiger partial charge in [0.25, 0.3) is 0 Å². The van der Waals surface area contributed by atoms with Gasteiger partial charge in [-0.15, -0.1) is 0 Å². The molecule has 1 saturated heterocycles. The average molecular weight is 420 g/mol. The Labute approximate surface area is 178 Å². The van der Waals surface area contributed by atoms with E-state index in [1.54, 1.807) is 6.26 Å². The van der Waals surface area contributed by atoms with Crippen molar-refractivity contribution in [1.29, 1.82) is 0 Å². The van der Waals surface area contributed by atoms with Crippen molar-refractivity contribution in [3.8, 4) is 0 Å². The quantitative estimate of drug-likeness (QED) is 0.593. The van der Waals surface area contributed by atoms with Gasteiger partial charge in [-0.2, -0.15) is 0 Å². The van der Waals surface area contributed by atoms with Crippen molar-refractivity contribution in [2.45, 2.75) is 39.7 Å². The van der Waals surface area contributed by atoms with Gasteiger partial charge in [0.2, 0.25) is 0 Å². The summed E-state index contributed by atoms with van der Waals surface area (Å²) in [5.41, 5.74) is 2.07. The fourth-order valence-electron chi connectivity index (χ4n) is 3.74. The first-order chi connectivity index (χ1) is 13.5. The highest BCUT2D eigenvalue weighted by molar-refractivity contribution is 7.80. The third kappa shape index (κ3) is 6.23. The average Bonchev–Trinajstić information content (AvgIpc) is 3.17. The molecule has 152 valence electrons. The monoisotopic (exact) mass is 419 g/mol. The minimum absolute atomic E-state index is 0.662. The van der Waals surface area contributed by atoms with E-state index in [2.05, 4.69) is 29.0 Å². The number of nitrogens with zero attached hydrogens (tertiary/aromatic N) is 2. The third-order valence-corrected chi connectivity index (χ3v) is 5.89. The van der Waals surface area contributed by atoms with E-state index in [1.165, 1.54) is 25.9 Å². The number of anilines is 1. The Hall–Kier alpha value is -1.56. The van der Waals surface area contributed by atoms with Crippen LogP contribution in [0.1, 0.15) is 37.5 Å². The lowest BCUT2D eigenvalue weighted by Crippen LogP contribution is -2.39. The highest BCUT2D eigenvalue weighted by Crippen LogP contribution is 2.21. The maximum atomic E-state index is 6.16. The van der Waals surface area contributed by atoms with Gasteiger partial charge in [-0.1, -0.05) is 24.6 Å². The summed E-state index contributed by atoms with van der Waals surface area (Å²) in [7, 11) is 0. The molecule has 0 aliphatic carbocycles. The van der Waals surface area contributed by atoms with Crippen molar-refractivity contribution >= 4 is 34.6 Å². The normalized spacial score (nSPS) is 17.5. The minimum atomic E-state index is 0.662. The second-order valence-corrected chi connectivity index (χ2v) is 8.62. The van der Waals surface area contributed by atoms with E-state index in [0.29, 0.717) is 16.7 Å². The van der Waals surface area contributed by atoms with Crippen molar-refractivity contribution in [2.24, 2.45) is 5.92 Å². The summed E-state index contributed by atoms with van der Waals surface area (Å²) in [4.78, 5) is 4.76. The molecule has 1 fully saturated rings. The van der Waals surface area contributed by atoms with Crippen LogP contribution in [0.15, 0.2) is 41.0 Å². The largest absolute Gasteiger partial charge is 0.467 e. The lowest BCUT2D eigenvalue weighted by molar-refractivity contribution is 0.177. The first-order valence-electron chi connectivity index (χ1n) is 10.1. The number of aryl methyl sites for hydroxylation is 1. The van der Waals surface area contributed by atoms with E-state index in [-0.39, 0.29) is 0 Å². The number of halogens is 1. The summed E-state index contributed by atoms with van der Waals surface area (Å²) >= 11 is 11.9. The summed E-state index contributed by atoms with van der Waals surface area (Å²) in [6, 6.07) is 9.73. The SMILES string of the molecule is Cc1ccc(Cl)cc1NC(=S)N(CCCN1CCCC(C)C1)Cc1ccco1. The molecule has 0 saturated carbocycles. The first kappa shape index (κ1) is 21.2. The Morgan fingerprint density at radius 3 is 3.00 bits per heavy atom. The summed E-state index contributed by atoms with van der Waals surface area (Å²) in [6.07, 6.45) is 5.45. The van der Waals surface area contributed by atoms with Crippen LogP contribution >= 0.6 is 23.8 Å². The molecular weight excluding hydrogens is 390 g/mol. The molecule has 1 aromatic carbocycles. The summed E-state index contributed by atoms with van der Waals surface area (Å²) in [6.45, 7) is 9.48. The van der Waals surface area contributed by atoms with Gasteiger partial charge in [0.1, 0.15) is 5.76 Å². The molecule has 1 N–H and O–H groups in total. The smallest absolute Gasteiger partial charge is 0.173 e. The highest BCUT2D eigenvalue weighted by Gasteiger charge is 2.17. The second kappa shape index (κ2) is 10.3. The predicted molar refractivity (Wildman–Crippen MR) is 121 cm³/mol. The molecule has 3 rings (SSSR count). The van der Waals surface area contributed by atoms with Crippen LogP contribution in [0.25, 0.3) is 0 Å². The number of hydrogen-bond acceptors (Lipinski definition) is 3. The molecule has 0 bridgehead atoms. The van der Waals surface area contributed by atoms with E-state index in [0.717, 1.165) is 42.4 Å². The molecule has 6 heteroatoms. The second-order valence-electron chi connectivity index (χ2n) is 7.79. The fraction of sp³-hybridized carbons (Fsp3) is 0.500. The van der Waals surface area contributed by atoms with E-state index in [1.807, 2.05) is 30.3 Å². The number of rotatable bonds is 7. The molecule has 2 aromatic rings. The maximum absolute atomic E-state index is 6.16. The van der Waals surface area contributed by atoms with Crippen molar-refractivity contribution in [2.75, 3.05) is 31.5 Å². The molecule has 0 spiro atoms. The minimum Gasteiger partial charge on any atom is -0.467 e. The number of piperidine rings is 1. The number of hydrogen-bond donors (Lipinski definition) is 1. The zero-order valence-electron chi connectivity index (χ0n) is 16.8. The third-order valence-electron chi connectivity index (χ3n) is 5.30. The molecule has 1 aromatic heterocycles. The van der Waals surface area contributed by atoms with Crippen molar-refractivity contribution in [3.63, 3.8) is 0 Å². The summed E-state index contributed by atoms with van der Waals surface area (Å²) in [5, 5.41) is 4.78. The number of likely N-dealkylation sites (tertiary alicyclic amines) is 1. The lowest BCUT2D eigenvalue weighted by Gasteiger charge is -2.32. The number of nitrogens with one attached hydrogen (secondary N) is 1. The van der Waals surface area contributed by atoms with Gasteiger partial charge in [-0.25, -0.2) is 0 Å². The van der Waals surface area contributed by atoms with E-state index in [9.17, 15) is 0 Å². The van der Waals surface area contributed by atoms with E-state index >= 15 is 0 Å². The molecule has 2 heterocycles. The zero-order chi connectivity index (χ0) is 19.9. The molecule has 4 nitrogen and oxygen atoms in total. The van der Waals surface area contributed by atoms with Crippen LogP contribution in [0.2, 0.25) is 5.02 Å². The lowest BCUT2D eigenvalue weighted by atomic mass is 10.0. The Morgan fingerprint density at radius 2 is 2.25 bits per heavy atom. The Bertz CT molecular complexity index is 765. The van der Waals surface area contributed by atoms with Crippen LogP contribution < -0.4 is 5.32 Å². The molecule has 1 unspecified atom stereocenters. The van der Waals surface area contributed by atoms with Gasteiger partial charge >= 0.3 is 0 Å². The van der Waals surface area contributed by atoms with Crippen molar-refractivity contribution in [3.05, 3.63) is 52.9 Å². The summed E-state index contributed by atoms with van der Waals surface area (Å²) < 4.78 is 5.56. The van der Waals surface area contributed by atoms with Crippen molar-refractivity contribution in [1.82, 2.24) is 9.80 Å². The number of furan rings is 1. The Balaban J connectivity index is 1.60. The predicted octanol–water partition coefficient (Wildman–Crippen LogP) is 5.56. The van der Waals surface area contributed by atoms with Crippen LogP contribution in [0.4, 0.5) is 5.69 Å². The van der Waals surface area contributed by atoms with E-state index < -0.39 is 0 Å². The number of thiocarbonyl (C=S) groups is 1. The van der Waals surface area contributed by atoms with Crippen LogP contribution in [-0.2, 0) is 6.54 Å². The zero-order valence-corrected chi connectivity index (χ0v) is 18.4. The first-order valence-corrected chi connectivity index (χ1v) is 10.9. The van der Waals surface area contributed by atoms with Gasteiger partial charge in [-0.05, 0) is 87.2 Å². The molecule has 28 heavy (non-hydrogen) atoms. The Morgan fingerprint density at radius 1 is 1.39 bits per heavy atom. The van der Waals surface area contributed by atoms with Gasteiger partial charge in [0, 0.05) is 23.8 Å². The highest BCUT2D eigenvalue weighted by atomic mass is 35.5. The fourth-order valence-corrected chi connectivity index (χ4v) is 4.18. The van der Waals surface area contributed by atoms with Gasteiger partial charge in [0.15, 0.2) is 5.11 Å². The van der Waals surface area contributed by atoms with Crippen LogP contribution in [-0.4, -0.2) is 41.1 Å². The maximum Gasteiger partial charge on any atom is 0.173 e. The molecule has 1 aliphatic heterocycles. The van der Waals surface area contributed by atoms with Crippen molar-refractivity contribution < 1.29 is 4.42 Å². The van der Waals surface area contributed by atoms with Crippen LogP contribution in [0.3, 0.4) is 0 Å². The van der Waals surface area contributed by atoms with Crippen LogP contribution in [0, 0.1) is 12.8 Å². The standard InChI is InChI=1S/C22H30ClN3OS/c1-17-6-3-10-25(15-17)11-5-12-26(16-20-7-4-13-27-20)22(28)24-21-14-19(23)9-8-18(21)2/h4,7-9,13-14,17H,3,5-6,10-12,15-16H2,1-2H3,(H,24,28). The molecule has 0 radical (unpaired) electrons. The van der Waals surface area contributed by atoms with Gasteiger partial charge in [-0.3, -0.25) is 0 Å². The molecule has 1 aliphatic rings. The number of benzene rings is 1. The van der Waals surface area contributed by atoms with Crippen LogP contribution in [0.5, 0.6) is 0 Å². The summed E-state index contributed by atoms with van der Waals surface area (Å²) in [5.74, 6) is 1.72. The Kier molecular flexibility index (Phi) is 7.77.